The van der Waals surface area contributed by atoms with Gasteiger partial charge in [0.05, 0.1) is 0 Å². The van der Waals surface area contributed by atoms with E-state index in [1.165, 1.54) is 10.7 Å². The molecule has 136 valence electrons. The smallest absolute Gasteiger partial charge is 0.276 e. The Hall–Kier alpha value is -2.93. The molecule has 0 unspecified atom stereocenters. The minimum Gasteiger partial charge on any atom is -0.385 e. The van der Waals surface area contributed by atoms with Gasteiger partial charge in [-0.05, 0) is 18.9 Å². The zero-order valence-corrected chi connectivity index (χ0v) is 14.9. The second kappa shape index (κ2) is 7.97. The molecule has 26 heavy (non-hydrogen) atoms. The maximum absolute atomic E-state index is 12.8. The van der Waals surface area contributed by atoms with Crippen molar-refractivity contribution in [2.45, 2.75) is 19.8 Å². The number of carbonyl (C=O) groups excluding carboxylic acids is 1. The van der Waals surface area contributed by atoms with E-state index in [2.05, 4.69) is 15.4 Å². The van der Waals surface area contributed by atoms with Crippen LogP contribution in [0.5, 0.6) is 0 Å². The molecule has 0 aliphatic carbocycles. The highest BCUT2D eigenvalue weighted by molar-refractivity contribution is 5.99. The molecule has 3 rings (SSSR count). The molecule has 7 nitrogen and oxygen atoms in total. The lowest BCUT2D eigenvalue weighted by atomic mass is 10.1. The fourth-order valence-electron chi connectivity index (χ4n) is 2.84. The fourth-order valence-corrected chi connectivity index (χ4v) is 2.84. The summed E-state index contributed by atoms with van der Waals surface area (Å²) in [5.74, 6) is -0.262. The zero-order valence-electron chi connectivity index (χ0n) is 14.9. The number of aromatic nitrogens is 3. The molecule has 1 amide bonds. The highest BCUT2D eigenvalue weighted by atomic mass is 16.5. The first-order valence-electron chi connectivity index (χ1n) is 8.52. The quantitative estimate of drug-likeness (QED) is 0.632. The Balaban J connectivity index is 1.89. The summed E-state index contributed by atoms with van der Waals surface area (Å²) >= 11 is 0. The number of hydrogen-bond donors (Lipinski definition) is 2. The van der Waals surface area contributed by atoms with Crippen molar-refractivity contribution in [1.82, 2.24) is 19.9 Å². The van der Waals surface area contributed by atoms with Crippen LogP contribution in [0.1, 0.15) is 33.6 Å². The van der Waals surface area contributed by atoms with Crippen molar-refractivity contribution in [3.8, 4) is 0 Å². The van der Waals surface area contributed by atoms with Crippen LogP contribution in [0.25, 0.3) is 5.65 Å². The van der Waals surface area contributed by atoms with Crippen molar-refractivity contribution in [3.05, 3.63) is 69.3 Å². The van der Waals surface area contributed by atoms with E-state index >= 15 is 0 Å². The van der Waals surface area contributed by atoms with E-state index in [9.17, 15) is 9.59 Å². The summed E-state index contributed by atoms with van der Waals surface area (Å²) in [5.41, 5.74) is 2.80. The number of aryl methyl sites for hydroxylation is 1. The third kappa shape index (κ3) is 3.67. The van der Waals surface area contributed by atoms with Crippen molar-refractivity contribution in [2.24, 2.45) is 0 Å². The zero-order chi connectivity index (χ0) is 18.5. The summed E-state index contributed by atoms with van der Waals surface area (Å²) in [5, 5.41) is 5.66. The van der Waals surface area contributed by atoms with Gasteiger partial charge in [0, 0.05) is 44.1 Å². The number of aromatic amines is 1. The molecule has 0 saturated heterocycles. The molecule has 0 spiro atoms. The lowest BCUT2D eigenvalue weighted by molar-refractivity contribution is 0.0950. The van der Waals surface area contributed by atoms with E-state index in [0.717, 1.165) is 12.0 Å². The topological polar surface area (TPSA) is 88.5 Å². The fraction of sp³-hybridized carbons (Fsp3) is 0.316. The van der Waals surface area contributed by atoms with Crippen molar-refractivity contribution in [2.75, 3.05) is 20.3 Å². The van der Waals surface area contributed by atoms with Crippen molar-refractivity contribution >= 4 is 11.6 Å². The van der Waals surface area contributed by atoms with Gasteiger partial charge >= 0.3 is 0 Å². The van der Waals surface area contributed by atoms with Gasteiger partial charge in [-0.2, -0.15) is 0 Å². The Labute approximate surface area is 151 Å². The molecule has 1 aromatic carbocycles. The van der Waals surface area contributed by atoms with Crippen LogP contribution < -0.4 is 10.9 Å². The van der Waals surface area contributed by atoms with E-state index in [1.54, 1.807) is 14.0 Å². The van der Waals surface area contributed by atoms with Crippen LogP contribution in [-0.4, -0.2) is 40.8 Å². The molecule has 0 radical (unpaired) electrons. The third-order valence-corrected chi connectivity index (χ3v) is 4.24. The third-order valence-electron chi connectivity index (χ3n) is 4.24. The number of fused-ring (bicyclic) bond motifs is 1. The molecule has 2 aromatic heterocycles. The van der Waals surface area contributed by atoms with E-state index in [1.807, 2.05) is 30.3 Å². The number of methoxy groups -OCH3 is 1. The Morgan fingerprint density at radius 3 is 2.81 bits per heavy atom. The Kier molecular flexibility index (Phi) is 5.48. The molecule has 2 heterocycles. The summed E-state index contributed by atoms with van der Waals surface area (Å²) in [4.78, 5) is 29.7. The Morgan fingerprint density at radius 2 is 2.08 bits per heavy atom. The van der Waals surface area contributed by atoms with Crippen LogP contribution in [0.2, 0.25) is 0 Å². The SMILES string of the molecule is COCCCNC(=O)c1c[nH]n2c(=O)c(Cc3ccccc3)c(C)nc12. The second-order valence-electron chi connectivity index (χ2n) is 6.09. The molecule has 0 bridgehead atoms. The number of benzene rings is 1. The van der Waals surface area contributed by atoms with Gasteiger partial charge in [0.1, 0.15) is 5.56 Å². The minimum absolute atomic E-state index is 0.185. The maximum atomic E-state index is 12.8. The lowest BCUT2D eigenvalue weighted by Crippen LogP contribution is -2.26. The predicted molar refractivity (Wildman–Crippen MR) is 98.6 cm³/mol. The van der Waals surface area contributed by atoms with Crippen molar-refractivity contribution < 1.29 is 9.53 Å². The summed E-state index contributed by atoms with van der Waals surface area (Å²) in [6, 6.07) is 9.76. The van der Waals surface area contributed by atoms with E-state index < -0.39 is 0 Å². The predicted octanol–water partition coefficient (Wildman–Crippen LogP) is 1.69. The summed E-state index contributed by atoms with van der Waals surface area (Å²) in [6.45, 7) is 2.88. The van der Waals surface area contributed by atoms with Crippen LogP contribution >= 0.6 is 0 Å². The van der Waals surface area contributed by atoms with Gasteiger partial charge in [-0.25, -0.2) is 9.50 Å². The number of ether oxygens (including phenoxy) is 1. The molecule has 7 heteroatoms. The minimum atomic E-state index is -0.262. The average Bonchev–Trinajstić information content (AvgIpc) is 3.07. The lowest BCUT2D eigenvalue weighted by Gasteiger charge is -2.07. The molecule has 0 fully saturated rings. The van der Waals surface area contributed by atoms with E-state index in [-0.39, 0.29) is 11.5 Å². The number of amides is 1. The molecule has 2 N–H and O–H groups in total. The van der Waals surface area contributed by atoms with Crippen LogP contribution in [-0.2, 0) is 11.2 Å². The number of hydrogen-bond acceptors (Lipinski definition) is 4. The van der Waals surface area contributed by atoms with E-state index in [0.29, 0.717) is 42.0 Å². The highest BCUT2D eigenvalue weighted by Gasteiger charge is 2.18. The number of nitrogens with one attached hydrogen (secondary N) is 2. The molecule has 0 aliphatic rings. The molecular weight excluding hydrogens is 332 g/mol. The Morgan fingerprint density at radius 1 is 1.31 bits per heavy atom. The monoisotopic (exact) mass is 354 g/mol. The molecule has 0 saturated carbocycles. The van der Waals surface area contributed by atoms with Gasteiger partial charge < -0.3 is 10.1 Å². The first-order valence-corrected chi connectivity index (χ1v) is 8.52. The first kappa shape index (κ1) is 17.9. The molecule has 0 atom stereocenters. The number of rotatable bonds is 7. The summed E-state index contributed by atoms with van der Waals surface area (Å²) < 4.78 is 6.29. The summed E-state index contributed by atoms with van der Waals surface area (Å²) in [6.07, 6.45) is 2.73. The van der Waals surface area contributed by atoms with Gasteiger partial charge in [0.2, 0.25) is 0 Å². The largest absolute Gasteiger partial charge is 0.385 e. The summed E-state index contributed by atoms with van der Waals surface area (Å²) in [7, 11) is 1.62. The van der Waals surface area contributed by atoms with Gasteiger partial charge in [-0.1, -0.05) is 30.3 Å². The number of H-pyrrole nitrogens is 1. The molecule has 0 aliphatic heterocycles. The average molecular weight is 354 g/mol. The van der Waals surface area contributed by atoms with Gasteiger partial charge in [-0.15, -0.1) is 0 Å². The van der Waals surface area contributed by atoms with Crippen molar-refractivity contribution in [3.63, 3.8) is 0 Å². The standard InChI is InChI=1S/C19H22N4O3/c1-13-15(11-14-7-4-3-5-8-14)19(25)23-17(22-13)16(12-21-23)18(24)20-9-6-10-26-2/h3-5,7-8,12,21H,6,9-11H2,1-2H3,(H,20,24). The normalized spacial score (nSPS) is 11.0. The van der Waals surface area contributed by atoms with Gasteiger partial charge in [0.15, 0.2) is 5.65 Å². The molecule has 3 aromatic rings. The van der Waals surface area contributed by atoms with Crippen LogP contribution in [0.3, 0.4) is 0 Å². The van der Waals surface area contributed by atoms with Crippen LogP contribution in [0.15, 0.2) is 41.3 Å². The number of carbonyl (C=O) groups is 1. The Bertz CT molecular complexity index is 960. The van der Waals surface area contributed by atoms with Gasteiger partial charge in [-0.3, -0.25) is 14.7 Å². The van der Waals surface area contributed by atoms with E-state index in [4.69, 9.17) is 4.74 Å². The molecular formula is C19H22N4O3. The van der Waals surface area contributed by atoms with Crippen LogP contribution in [0, 0.1) is 6.92 Å². The van der Waals surface area contributed by atoms with Crippen LogP contribution in [0.4, 0.5) is 0 Å². The van der Waals surface area contributed by atoms with Crippen molar-refractivity contribution in [1.29, 1.82) is 0 Å². The second-order valence-corrected chi connectivity index (χ2v) is 6.09. The maximum Gasteiger partial charge on any atom is 0.276 e. The number of nitrogens with zero attached hydrogens (tertiary/aromatic N) is 2. The first-order chi connectivity index (χ1) is 12.6. The highest BCUT2D eigenvalue weighted by Crippen LogP contribution is 2.12. The van der Waals surface area contributed by atoms with Gasteiger partial charge in [0.25, 0.3) is 11.5 Å².